The molecule has 1 unspecified atom stereocenters. The topological polar surface area (TPSA) is 99.7 Å². The number of ether oxygens (including phenoxy) is 1. The van der Waals surface area contributed by atoms with Gasteiger partial charge in [0.05, 0.1) is 11.6 Å². The largest absolute Gasteiger partial charge is 0.438 e. The van der Waals surface area contributed by atoms with Crippen LogP contribution in [0.2, 0.25) is 0 Å². The molecule has 0 amide bonds. The predicted molar refractivity (Wildman–Crippen MR) is 127 cm³/mol. The molecule has 33 heavy (non-hydrogen) atoms. The molecule has 1 atom stereocenters. The number of rotatable bonds is 7. The van der Waals surface area contributed by atoms with E-state index in [9.17, 15) is 15.2 Å². The van der Waals surface area contributed by atoms with Crippen molar-refractivity contribution in [3.63, 3.8) is 0 Å². The molecule has 1 fully saturated rings. The van der Waals surface area contributed by atoms with Crippen LogP contribution in [0.3, 0.4) is 0 Å². The van der Waals surface area contributed by atoms with E-state index < -0.39 is 6.23 Å². The molecule has 2 aromatic heterocycles. The Morgan fingerprint density at radius 1 is 1.27 bits per heavy atom. The van der Waals surface area contributed by atoms with E-state index in [-0.39, 0.29) is 28.6 Å². The van der Waals surface area contributed by atoms with Crippen molar-refractivity contribution in [3.8, 4) is 17.7 Å². The van der Waals surface area contributed by atoms with Crippen LogP contribution >= 0.6 is 0 Å². The number of nitrogens with zero attached hydrogens (tertiary/aromatic N) is 3. The van der Waals surface area contributed by atoms with Crippen LogP contribution in [0.5, 0.6) is 11.6 Å². The molecule has 0 spiro atoms. The van der Waals surface area contributed by atoms with Crippen molar-refractivity contribution in [3.05, 3.63) is 75.7 Å². The minimum Gasteiger partial charge on any atom is -0.438 e. The van der Waals surface area contributed by atoms with Crippen LogP contribution in [-0.4, -0.2) is 26.8 Å². The minimum atomic E-state index is -1.18. The first-order valence-electron chi connectivity index (χ1n) is 11.4. The van der Waals surface area contributed by atoms with E-state index >= 15 is 0 Å². The first-order chi connectivity index (χ1) is 16.1. The number of fused-ring (bicyclic) bond motifs is 1. The molecule has 1 saturated carbocycles. The van der Waals surface area contributed by atoms with Crippen LogP contribution < -0.4 is 15.6 Å². The highest BCUT2D eigenvalue weighted by Crippen LogP contribution is 2.25. The summed E-state index contributed by atoms with van der Waals surface area (Å²) in [5.41, 5.74) is 1.37. The number of pyridine rings is 1. The normalized spacial score (nSPS) is 15.8. The Balaban J connectivity index is 1.73. The molecule has 0 bridgehead atoms. The van der Waals surface area contributed by atoms with E-state index in [1.54, 1.807) is 24.4 Å². The fourth-order valence-electron chi connectivity index (χ4n) is 4.10. The van der Waals surface area contributed by atoms with E-state index in [1.807, 2.05) is 30.3 Å². The SMILES string of the molecule is CCc1ccc(Oc2nc3ccccn3c(=O)c2/C=C(\C#N)C(O)NC2CCCCC2)cc1. The highest BCUT2D eigenvalue weighted by atomic mass is 16.5. The summed E-state index contributed by atoms with van der Waals surface area (Å²) in [4.78, 5) is 17.8. The number of aliphatic hydroxyl groups is 1. The highest BCUT2D eigenvalue weighted by Gasteiger charge is 2.21. The van der Waals surface area contributed by atoms with Crippen molar-refractivity contribution < 1.29 is 9.84 Å². The molecule has 0 radical (unpaired) electrons. The molecule has 1 aliphatic carbocycles. The summed E-state index contributed by atoms with van der Waals surface area (Å²) in [7, 11) is 0. The highest BCUT2D eigenvalue weighted by molar-refractivity contribution is 5.63. The lowest BCUT2D eigenvalue weighted by atomic mass is 9.95. The van der Waals surface area contributed by atoms with Gasteiger partial charge in [-0.25, -0.2) is 0 Å². The number of aryl methyl sites for hydroxylation is 1. The molecule has 170 valence electrons. The first-order valence-corrected chi connectivity index (χ1v) is 11.4. The van der Waals surface area contributed by atoms with Gasteiger partial charge in [0.2, 0.25) is 5.88 Å². The van der Waals surface area contributed by atoms with Crippen molar-refractivity contribution in [2.24, 2.45) is 0 Å². The second kappa shape index (κ2) is 10.4. The average Bonchev–Trinajstić information content (AvgIpc) is 2.85. The summed E-state index contributed by atoms with van der Waals surface area (Å²) in [5, 5.41) is 23.6. The van der Waals surface area contributed by atoms with E-state index in [2.05, 4.69) is 17.2 Å². The fourth-order valence-corrected chi connectivity index (χ4v) is 4.10. The van der Waals surface area contributed by atoms with E-state index in [4.69, 9.17) is 4.74 Å². The first kappa shape index (κ1) is 22.7. The third-order valence-electron chi connectivity index (χ3n) is 6.00. The van der Waals surface area contributed by atoms with Gasteiger partial charge in [0.15, 0.2) is 0 Å². The molecule has 4 rings (SSSR count). The van der Waals surface area contributed by atoms with Gasteiger partial charge in [-0.05, 0) is 55.2 Å². The lowest BCUT2D eigenvalue weighted by molar-refractivity contribution is 0.149. The number of benzene rings is 1. The number of nitrogens with one attached hydrogen (secondary N) is 1. The molecule has 7 nitrogen and oxygen atoms in total. The number of aromatic nitrogens is 2. The molecule has 0 aliphatic heterocycles. The number of hydrogen-bond acceptors (Lipinski definition) is 6. The molecule has 7 heteroatoms. The Morgan fingerprint density at radius 2 is 2.03 bits per heavy atom. The molecule has 1 aromatic carbocycles. The zero-order valence-electron chi connectivity index (χ0n) is 18.7. The predicted octanol–water partition coefficient (Wildman–Crippen LogP) is 4.20. The van der Waals surface area contributed by atoms with Gasteiger partial charge >= 0.3 is 0 Å². The van der Waals surface area contributed by atoms with E-state index in [1.165, 1.54) is 16.9 Å². The van der Waals surface area contributed by atoms with Gasteiger partial charge in [-0.1, -0.05) is 44.4 Å². The Kier molecular flexibility index (Phi) is 7.18. The summed E-state index contributed by atoms with van der Waals surface area (Å²) >= 11 is 0. The number of aliphatic hydroxyl groups excluding tert-OH is 1. The molecule has 1 aliphatic rings. The summed E-state index contributed by atoms with van der Waals surface area (Å²) in [6.07, 6.45) is 8.02. The Bertz CT molecular complexity index is 1240. The lowest BCUT2D eigenvalue weighted by Crippen LogP contribution is -2.40. The fraction of sp³-hybridized carbons (Fsp3) is 0.346. The summed E-state index contributed by atoms with van der Waals surface area (Å²) < 4.78 is 7.39. The maximum Gasteiger partial charge on any atom is 0.269 e. The maximum absolute atomic E-state index is 13.3. The van der Waals surface area contributed by atoms with Gasteiger partial charge in [-0.2, -0.15) is 10.2 Å². The second-order valence-electron chi connectivity index (χ2n) is 8.28. The van der Waals surface area contributed by atoms with Crippen molar-refractivity contribution in [2.45, 2.75) is 57.7 Å². The van der Waals surface area contributed by atoms with Gasteiger partial charge < -0.3 is 9.84 Å². The van der Waals surface area contributed by atoms with Crippen molar-refractivity contribution in [2.75, 3.05) is 0 Å². The second-order valence-corrected chi connectivity index (χ2v) is 8.28. The van der Waals surface area contributed by atoms with Crippen LogP contribution in [0.25, 0.3) is 11.7 Å². The quantitative estimate of drug-likeness (QED) is 0.419. The summed E-state index contributed by atoms with van der Waals surface area (Å²) in [6, 6.07) is 15.0. The molecular formula is C26H28N4O3. The van der Waals surface area contributed by atoms with E-state index in [0.29, 0.717) is 11.4 Å². The van der Waals surface area contributed by atoms with Crippen LogP contribution in [-0.2, 0) is 6.42 Å². The standard InChI is InChI=1S/C26H28N4O3/c1-2-18-11-13-21(14-12-18)33-25-22(26(32)30-15-7-6-10-23(30)29-25)16-19(17-27)24(31)28-20-8-4-3-5-9-20/h6-7,10-16,20,24,28,31H,2-5,8-9H2,1H3/b19-16+. The lowest BCUT2D eigenvalue weighted by Gasteiger charge is -2.25. The molecular weight excluding hydrogens is 416 g/mol. The van der Waals surface area contributed by atoms with E-state index in [0.717, 1.165) is 37.7 Å². The number of hydrogen-bond donors (Lipinski definition) is 2. The van der Waals surface area contributed by atoms with Crippen LogP contribution in [0.4, 0.5) is 0 Å². The Labute approximate surface area is 193 Å². The number of nitriles is 1. The third-order valence-corrected chi connectivity index (χ3v) is 6.00. The average molecular weight is 445 g/mol. The smallest absolute Gasteiger partial charge is 0.269 e. The van der Waals surface area contributed by atoms with Gasteiger partial charge in [0.1, 0.15) is 23.2 Å². The zero-order chi connectivity index (χ0) is 23.2. The Morgan fingerprint density at radius 3 is 2.73 bits per heavy atom. The van der Waals surface area contributed by atoms with Crippen molar-refractivity contribution in [1.29, 1.82) is 5.26 Å². The summed E-state index contributed by atoms with van der Waals surface area (Å²) in [5.74, 6) is 0.626. The molecule has 0 saturated heterocycles. The van der Waals surface area contributed by atoms with Crippen molar-refractivity contribution in [1.82, 2.24) is 14.7 Å². The van der Waals surface area contributed by atoms with Gasteiger partial charge in [-0.3, -0.25) is 14.5 Å². The Hall–Kier alpha value is -3.47. The van der Waals surface area contributed by atoms with Crippen LogP contribution in [0.15, 0.2) is 59.0 Å². The van der Waals surface area contributed by atoms with Gasteiger partial charge in [0, 0.05) is 12.2 Å². The maximum atomic E-state index is 13.3. The monoisotopic (exact) mass is 444 g/mol. The zero-order valence-corrected chi connectivity index (χ0v) is 18.7. The summed E-state index contributed by atoms with van der Waals surface area (Å²) in [6.45, 7) is 2.07. The molecule has 3 aromatic rings. The third kappa shape index (κ3) is 5.30. The molecule has 2 N–H and O–H groups in total. The minimum absolute atomic E-state index is 0.0431. The van der Waals surface area contributed by atoms with Crippen molar-refractivity contribution >= 4 is 11.7 Å². The van der Waals surface area contributed by atoms with Gasteiger partial charge in [0.25, 0.3) is 5.56 Å². The molecule has 2 heterocycles. The van der Waals surface area contributed by atoms with Crippen LogP contribution in [0.1, 0.15) is 50.2 Å². The van der Waals surface area contributed by atoms with Gasteiger partial charge in [-0.15, -0.1) is 0 Å². The van der Waals surface area contributed by atoms with Crippen LogP contribution in [0, 0.1) is 11.3 Å².